The number of halogens is 2. The Morgan fingerprint density at radius 1 is 1.09 bits per heavy atom. The molecule has 0 aliphatic carbocycles. The maximum Gasteiger partial charge on any atom is 0.274 e. The first-order valence-corrected chi connectivity index (χ1v) is 6.54. The predicted octanol–water partition coefficient (Wildman–Crippen LogP) is 2.88. The number of anilines is 1. The summed E-state index contributed by atoms with van der Waals surface area (Å²) in [6, 6.07) is 6.11. The number of benzene rings is 1. The lowest BCUT2D eigenvalue weighted by molar-refractivity contribution is 0.102. The van der Waals surface area contributed by atoms with Gasteiger partial charge in [0.15, 0.2) is 5.65 Å². The molecule has 0 bridgehead atoms. The number of aromatic nitrogens is 3. The van der Waals surface area contributed by atoms with Crippen molar-refractivity contribution < 1.29 is 13.6 Å². The highest BCUT2D eigenvalue weighted by Gasteiger charge is 2.13. The van der Waals surface area contributed by atoms with Crippen molar-refractivity contribution in [1.82, 2.24) is 14.6 Å². The molecule has 0 saturated carbocycles. The number of carbonyl (C=O) groups is 1. The van der Waals surface area contributed by atoms with Crippen LogP contribution in [0.1, 0.15) is 21.9 Å². The summed E-state index contributed by atoms with van der Waals surface area (Å²) in [6.07, 6.45) is 0. The minimum absolute atomic E-state index is 0.0338. The van der Waals surface area contributed by atoms with Gasteiger partial charge in [-0.3, -0.25) is 4.79 Å². The van der Waals surface area contributed by atoms with E-state index < -0.39 is 17.5 Å². The van der Waals surface area contributed by atoms with Gasteiger partial charge in [-0.15, -0.1) is 0 Å². The molecule has 3 rings (SSSR count). The van der Waals surface area contributed by atoms with E-state index in [4.69, 9.17) is 0 Å². The van der Waals surface area contributed by atoms with Crippen LogP contribution in [0.4, 0.5) is 14.5 Å². The van der Waals surface area contributed by atoms with E-state index in [-0.39, 0.29) is 11.4 Å². The molecule has 0 radical (unpaired) electrons. The van der Waals surface area contributed by atoms with Crippen LogP contribution in [0.5, 0.6) is 0 Å². The summed E-state index contributed by atoms with van der Waals surface area (Å²) in [5, 5.41) is 6.67. The van der Waals surface area contributed by atoms with Gasteiger partial charge in [-0.1, -0.05) is 0 Å². The zero-order chi connectivity index (χ0) is 15.9. The van der Waals surface area contributed by atoms with Gasteiger partial charge < -0.3 is 5.32 Å². The van der Waals surface area contributed by atoms with Gasteiger partial charge in [0.05, 0.1) is 5.69 Å². The molecule has 5 nitrogen and oxygen atoms in total. The molecule has 7 heteroatoms. The van der Waals surface area contributed by atoms with Crippen molar-refractivity contribution in [1.29, 1.82) is 0 Å². The van der Waals surface area contributed by atoms with Crippen molar-refractivity contribution in [3.63, 3.8) is 0 Å². The fourth-order valence-corrected chi connectivity index (χ4v) is 2.18. The van der Waals surface area contributed by atoms with Gasteiger partial charge in [0.2, 0.25) is 0 Å². The van der Waals surface area contributed by atoms with Gasteiger partial charge in [0, 0.05) is 23.5 Å². The van der Waals surface area contributed by atoms with E-state index in [9.17, 15) is 13.6 Å². The van der Waals surface area contributed by atoms with E-state index in [0.717, 1.165) is 29.6 Å². The maximum atomic E-state index is 13.1. The fraction of sp³-hybridized carbons (Fsp3) is 0.133. The minimum Gasteiger partial charge on any atom is -0.320 e. The van der Waals surface area contributed by atoms with Gasteiger partial charge in [-0.25, -0.2) is 18.3 Å². The third-order valence-electron chi connectivity index (χ3n) is 3.08. The first-order chi connectivity index (χ1) is 10.4. The number of carbonyl (C=O) groups excluding carboxylic acids is 1. The van der Waals surface area contributed by atoms with E-state index >= 15 is 0 Å². The van der Waals surface area contributed by atoms with Crippen LogP contribution in [0.15, 0.2) is 30.3 Å². The first-order valence-electron chi connectivity index (χ1n) is 6.54. The maximum absolute atomic E-state index is 13.1. The van der Waals surface area contributed by atoms with Gasteiger partial charge in [0.1, 0.15) is 17.3 Å². The van der Waals surface area contributed by atoms with Crippen LogP contribution in [-0.2, 0) is 0 Å². The topological polar surface area (TPSA) is 59.3 Å². The van der Waals surface area contributed by atoms with E-state index in [1.807, 2.05) is 6.92 Å². The second-order valence-corrected chi connectivity index (χ2v) is 4.95. The summed E-state index contributed by atoms with van der Waals surface area (Å²) in [6.45, 7) is 3.61. The highest BCUT2D eigenvalue weighted by atomic mass is 19.1. The molecule has 2 heterocycles. The Bertz CT molecular complexity index is 868. The van der Waals surface area contributed by atoms with Crippen molar-refractivity contribution in [2.75, 3.05) is 5.32 Å². The highest BCUT2D eigenvalue weighted by molar-refractivity contribution is 6.03. The molecule has 0 unspecified atom stereocenters. The third-order valence-corrected chi connectivity index (χ3v) is 3.08. The number of amides is 1. The van der Waals surface area contributed by atoms with E-state index in [2.05, 4.69) is 15.4 Å². The lowest BCUT2D eigenvalue weighted by Gasteiger charge is -2.07. The van der Waals surface area contributed by atoms with Gasteiger partial charge >= 0.3 is 0 Å². The molecule has 3 aromatic rings. The summed E-state index contributed by atoms with van der Waals surface area (Å²) in [5.74, 6) is -2.07. The lowest BCUT2D eigenvalue weighted by atomic mass is 10.2. The van der Waals surface area contributed by atoms with E-state index in [0.29, 0.717) is 5.65 Å². The first kappa shape index (κ1) is 14.1. The SMILES string of the molecule is Cc1cc2nc(C(=O)Nc3cc(F)cc(F)c3)cc(C)n2n1. The van der Waals surface area contributed by atoms with Crippen LogP contribution in [-0.4, -0.2) is 20.5 Å². The Kier molecular flexibility index (Phi) is 3.32. The summed E-state index contributed by atoms with van der Waals surface area (Å²) < 4.78 is 27.9. The zero-order valence-electron chi connectivity index (χ0n) is 11.9. The molecule has 0 fully saturated rings. The number of hydrogen-bond acceptors (Lipinski definition) is 3. The molecule has 0 aliphatic heterocycles. The number of nitrogens with zero attached hydrogens (tertiary/aromatic N) is 3. The average Bonchev–Trinajstić information content (AvgIpc) is 2.78. The molecule has 1 amide bonds. The summed E-state index contributed by atoms with van der Waals surface area (Å²) in [4.78, 5) is 16.4. The van der Waals surface area contributed by atoms with E-state index in [1.54, 1.807) is 23.6 Å². The number of hydrogen-bond donors (Lipinski definition) is 1. The molecule has 1 aromatic carbocycles. The lowest BCUT2D eigenvalue weighted by Crippen LogP contribution is -2.15. The fourth-order valence-electron chi connectivity index (χ4n) is 2.18. The zero-order valence-corrected chi connectivity index (χ0v) is 11.9. The van der Waals surface area contributed by atoms with Crippen LogP contribution in [0.25, 0.3) is 5.65 Å². The Labute approximate surface area is 124 Å². The number of aryl methyl sites for hydroxylation is 2. The molecular formula is C15H12F2N4O. The Hall–Kier alpha value is -2.83. The van der Waals surface area contributed by atoms with Crippen LogP contribution < -0.4 is 5.32 Å². The second-order valence-electron chi connectivity index (χ2n) is 4.95. The van der Waals surface area contributed by atoms with Crippen molar-refractivity contribution in [3.8, 4) is 0 Å². The predicted molar refractivity (Wildman–Crippen MR) is 76.8 cm³/mol. The normalized spacial score (nSPS) is 10.9. The smallest absolute Gasteiger partial charge is 0.274 e. The monoisotopic (exact) mass is 302 g/mol. The second kappa shape index (κ2) is 5.18. The van der Waals surface area contributed by atoms with Crippen LogP contribution in [0.2, 0.25) is 0 Å². The van der Waals surface area contributed by atoms with Gasteiger partial charge in [0.25, 0.3) is 5.91 Å². The standard InChI is InChI=1S/C15H12F2N4O/c1-8-3-14-19-13(4-9(2)21(14)20-8)15(22)18-12-6-10(16)5-11(17)7-12/h3-7H,1-2H3,(H,18,22). The molecule has 1 N–H and O–H groups in total. The number of nitrogens with one attached hydrogen (secondary N) is 1. The van der Waals surface area contributed by atoms with Gasteiger partial charge in [-0.2, -0.15) is 5.10 Å². The Balaban J connectivity index is 1.94. The van der Waals surface area contributed by atoms with Crippen molar-refractivity contribution in [2.45, 2.75) is 13.8 Å². The van der Waals surface area contributed by atoms with Crippen molar-refractivity contribution in [2.24, 2.45) is 0 Å². The molecule has 0 atom stereocenters. The summed E-state index contributed by atoms with van der Waals surface area (Å²) in [7, 11) is 0. The third kappa shape index (κ3) is 2.65. The van der Waals surface area contributed by atoms with Crippen LogP contribution >= 0.6 is 0 Å². The molecule has 2 aromatic heterocycles. The highest BCUT2D eigenvalue weighted by Crippen LogP contribution is 2.15. The quantitative estimate of drug-likeness (QED) is 0.792. The van der Waals surface area contributed by atoms with Crippen molar-refractivity contribution >= 4 is 17.2 Å². The molecule has 0 aliphatic rings. The minimum atomic E-state index is -0.763. The molecule has 0 spiro atoms. The number of rotatable bonds is 2. The van der Waals surface area contributed by atoms with Crippen molar-refractivity contribution in [3.05, 3.63) is 59.0 Å². The molecule has 112 valence electrons. The van der Waals surface area contributed by atoms with Gasteiger partial charge in [-0.05, 0) is 32.0 Å². The number of fused-ring (bicyclic) bond motifs is 1. The average molecular weight is 302 g/mol. The Morgan fingerprint density at radius 2 is 1.77 bits per heavy atom. The Morgan fingerprint density at radius 3 is 2.45 bits per heavy atom. The summed E-state index contributed by atoms with van der Waals surface area (Å²) >= 11 is 0. The van der Waals surface area contributed by atoms with Crippen LogP contribution in [0.3, 0.4) is 0 Å². The molecular weight excluding hydrogens is 290 g/mol. The van der Waals surface area contributed by atoms with Crippen LogP contribution in [0, 0.1) is 25.5 Å². The molecule has 0 saturated heterocycles. The summed E-state index contributed by atoms with van der Waals surface area (Å²) in [5.41, 5.74) is 2.23. The molecule has 22 heavy (non-hydrogen) atoms. The van der Waals surface area contributed by atoms with E-state index in [1.165, 1.54) is 0 Å². The largest absolute Gasteiger partial charge is 0.320 e.